The molecule has 0 aliphatic rings. The molecular weight excluding hydrogens is 350 g/mol. The number of hydrogen-bond donors (Lipinski definition) is 2. The van der Waals surface area contributed by atoms with Crippen LogP contribution in [0.4, 0.5) is 4.39 Å². The smallest absolute Gasteiger partial charge is 0.128 e. The maximum Gasteiger partial charge on any atom is 0.128 e. The number of benzene rings is 1. The van der Waals surface area contributed by atoms with Gasteiger partial charge in [0.2, 0.25) is 0 Å². The van der Waals surface area contributed by atoms with E-state index in [0.29, 0.717) is 5.56 Å². The van der Waals surface area contributed by atoms with Crippen molar-refractivity contribution in [2.24, 2.45) is 5.84 Å². The topological polar surface area (TPSA) is 38.0 Å². The Morgan fingerprint density at radius 1 is 1.41 bits per heavy atom. The Labute approximate surface area is 117 Å². The van der Waals surface area contributed by atoms with Gasteiger partial charge in [-0.3, -0.25) is 5.84 Å². The third kappa shape index (κ3) is 2.85. The molecule has 0 bridgehead atoms. The van der Waals surface area contributed by atoms with Gasteiger partial charge in [0, 0.05) is 5.56 Å². The number of thiophene rings is 1. The van der Waals surface area contributed by atoms with Crippen molar-refractivity contribution in [3.05, 3.63) is 55.0 Å². The molecule has 0 aliphatic heterocycles. The van der Waals surface area contributed by atoms with Crippen LogP contribution in [-0.2, 0) is 0 Å². The number of nitrogens with two attached hydrogens (primary N) is 1. The van der Waals surface area contributed by atoms with E-state index in [1.165, 1.54) is 6.07 Å². The maximum atomic E-state index is 13.8. The highest BCUT2D eigenvalue weighted by molar-refractivity contribution is 14.1. The molecule has 0 spiro atoms. The summed E-state index contributed by atoms with van der Waals surface area (Å²) in [5, 5.41) is 1.99. The first-order valence-electron chi connectivity index (χ1n) is 5.08. The number of nitrogens with one attached hydrogen (secondary N) is 1. The van der Waals surface area contributed by atoms with Crippen molar-refractivity contribution in [1.29, 1.82) is 0 Å². The van der Waals surface area contributed by atoms with Gasteiger partial charge in [-0.05, 0) is 52.6 Å². The molecule has 0 saturated heterocycles. The predicted octanol–water partition coefficient (Wildman–Crippen LogP) is 3.35. The zero-order valence-electron chi connectivity index (χ0n) is 9.21. The minimum Gasteiger partial charge on any atom is -0.271 e. The monoisotopic (exact) mass is 362 g/mol. The summed E-state index contributed by atoms with van der Waals surface area (Å²) in [6.45, 7) is 1.94. The SMILES string of the molecule is Cc1ccc(F)c(C(NN)c2csc(I)c2)c1. The van der Waals surface area contributed by atoms with Gasteiger partial charge >= 0.3 is 0 Å². The number of rotatable bonds is 3. The van der Waals surface area contributed by atoms with Crippen molar-refractivity contribution in [3.8, 4) is 0 Å². The van der Waals surface area contributed by atoms with Crippen LogP contribution in [-0.4, -0.2) is 0 Å². The molecule has 1 atom stereocenters. The van der Waals surface area contributed by atoms with Crippen LogP contribution in [0, 0.1) is 15.6 Å². The summed E-state index contributed by atoms with van der Waals surface area (Å²) in [4.78, 5) is 0. The number of hydrogen-bond acceptors (Lipinski definition) is 3. The molecule has 0 aliphatic carbocycles. The van der Waals surface area contributed by atoms with Gasteiger partial charge in [-0.2, -0.15) is 0 Å². The molecule has 17 heavy (non-hydrogen) atoms. The van der Waals surface area contributed by atoms with Gasteiger partial charge in [0.15, 0.2) is 0 Å². The number of hydrazine groups is 1. The summed E-state index contributed by atoms with van der Waals surface area (Å²) in [6, 6.07) is 6.77. The lowest BCUT2D eigenvalue weighted by atomic mass is 9.99. The number of halogens is 2. The highest BCUT2D eigenvalue weighted by atomic mass is 127. The minimum absolute atomic E-state index is 0.236. The molecule has 1 heterocycles. The fraction of sp³-hybridized carbons (Fsp3) is 0.167. The quantitative estimate of drug-likeness (QED) is 0.499. The van der Waals surface area contributed by atoms with Gasteiger partial charge < -0.3 is 0 Å². The van der Waals surface area contributed by atoms with E-state index < -0.39 is 0 Å². The normalized spacial score (nSPS) is 12.7. The molecule has 1 unspecified atom stereocenters. The fourth-order valence-electron chi connectivity index (χ4n) is 1.72. The van der Waals surface area contributed by atoms with Crippen molar-refractivity contribution in [2.75, 3.05) is 0 Å². The predicted molar refractivity (Wildman–Crippen MR) is 77.3 cm³/mol. The third-order valence-corrected chi connectivity index (χ3v) is 4.36. The van der Waals surface area contributed by atoms with Gasteiger partial charge in [-0.25, -0.2) is 9.82 Å². The van der Waals surface area contributed by atoms with E-state index in [0.717, 1.165) is 14.0 Å². The van der Waals surface area contributed by atoms with E-state index in [1.807, 2.05) is 24.4 Å². The van der Waals surface area contributed by atoms with E-state index >= 15 is 0 Å². The highest BCUT2D eigenvalue weighted by Gasteiger charge is 2.17. The van der Waals surface area contributed by atoms with E-state index in [9.17, 15) is 4.39 Å². The average molecular weight is 362 g/mol. The molecule has 2 aromatic rings. The van der Waals surface area contributed by atoms with E-state index in [2.05, 4.69) is 28.0 Å². The third-order valence-electron chi connectivity index (χ3n) is 2.55. The van der Waals surface area contributed by atoms with Crippen LogP contribution < -0.4 is 11.3 Å². The molecule has 2 rings (SSSR count). The van der Waals surface area contributed by atoms with Crippen molar-refractivity contribution < 1.29 is 4.39 Å². The molecule has 3 N–H and O–H groups in total. The van der Waals surface area contributed by atoms with Gasteiger partial charge in [-0.1, -0.05) is 17.7 Å². The van der Waals surface area contributed by atoms with Crippen molar-refractivity contribution in [3.63, 3.8) is 0 Å². The summed E-state index contributed by atoms with van der Waals surface area (Å²) < 4.78 is 15.0. The first-order chi connectivity index (χ1) is 8.11. The fourth-order valence-corrected chi connectivity index (χ4v) is 3.12. The summed E-state index contributed by atoms with van der Waals surface area (Å²) in [7, 11) is 0. The molecular formula is C12H12FIN2S. The molecule has 0 radical (unpaired) electrons. The van der Waals surface area contributed by atoms with Crippen LogP contribution in [0.2, 0.25) is 0 Å². The van der Waals surface area contributed by atoms with Crippen molar-refractivity contribution >= 4 is 33.9 Å². The Hall–Kier alpha value is -0.500. The lowest BCUT2D eigenvalue weighted by Crippen LogP contribution is -2.29. The summed E-state index contributed by atoms with van der Waals surface area (Å²) in [5.41, 5.74) is 5.28. The van der Waals surface area contributed by atoms with Gasteiger partial charge in [-0.15, -0.1) is 11.3 Å². The van der Waals surface area contributed by atoms with Gasteiger partial charge in [0.05, 0.1) is 8.93 Å². The average Bonchev–Trinajstić information content (AvgIpc) is 2.71. The summed E-state index contributed by atoms with van der Waals surface area (Å²) in [5.74, 6) is 5.31. The minimum atomic E-state index is -0.297. The lowest BCUT2D eigenvalue weighted by Gasteiger charge is -2.16. The second-order valence-corrected chi connectivity index (χ2v) is 6.61. The highest BCUT2D eigenvalue weighted by Crippen LogP contribution is 2.28. The molecule has 0 amide bonds. The Morgan fingerprint density at radius 2 is 2.18 bits per heavy atom. The first kappa shape index (κ1) is 12.9. The van der Waals surface area contributed by atoms with Crippen LogP contribution >= 0.6 is 33.9 Å². The van der Waals surface area contributed by atoms with E-state index in [-0.39, 0.29) is 11.9 Å². The number of aryl methyl sites for hydroxylation is 1. The lowest BCUT2D eigenvalue weighted by molar-refractivity contribution is 0.560. The van der Waals surface area contributed by atoms with Crippen molar-refractivity contribution in [2.45, 2.75) is 13.0 Å². The van der Waals surface area contributed by atoms with Crippen LogP contribution in [0.15, 0.2) is 29.6 Å². The summed E-state index contributed by atoms with van der Waals surface area (Å²) >= 11 is 3.86. The van der Waals surface area contributed by atoms with E-state index in [4.69, 9.17) is 5.84 Å². The second-order valence-electron chi connectivity index (χ2n) is 3.81. The standard InChI is InChI=1S/C12H12FIN2S/c1-7-2-3-10(13)9(4-7)12(16-15)8-5-11(14)17-6-8/h2-6,12,16H,15H2,1H3. The van der Waals surface area contributed by atoms with Gasteiger partial charge in [0.1, 0.15) is 5.82 Å². The van der Waals surface area contributed by atoms with Crippen LogP contribution in [0.5, 0.6) is 0 Å². The van der Waals surface area contributed by atoms with E-state index in [1.54, 1.807) is 17.4 Å². The zero-order chi connectivity index (χ0) is 12.4. The molecule has 5 heteroatoms. The summed E-state index contributed by atoms with van der Waals surface area (Å²) in [6.07, 6.45) is 0. The van der Waals surface area contributed by atoms with Gasteiger partial charge in [0.25, 0.3) is 0 Å². The largest absolute Gasteiger partial charge is 0.271 e. The molecule has 1 aromatic heterocycles. The Bertz CT molecular complexity index is 527. The molecule has 90 valence electrons. The second kappa shape index (κ2) is 5.43. The molecule has 0 saturated carbocycles. The Balaban J connectivity index is 2.45. The maximum absolute atomic E-state index is 13.8. The first-order valence-corrected chi connectivity index (χ1v) is 7.03. The molecule has 1 aromatic carbocycles. The van der Waals surface area contributed by atoms with Crippen LogP contribution in [0.3, 0.4) is 0 Å². The molecule has 2 nitrogen and oxygen atoms in total. The van der Waals surface area contributed by atoms with Crippen LogP contribution in [0.1, 0.15) is 22.7 Å². The Kier molecular flexibility index (Phi) is 4.13. The van der Waals surface area contributed by atoms with Crippen LogP contribution in [0.25, 0.3) is 0 Å². The van der Waals surface area contributed by atoms with Crippen molar-refractivity contribution in [1.82, 2.24) is 5.43 Å². The zero-order valence-corrected chi connectivity index (χ0v) is 12.2. The molecule has 0 fully saturated rings. The Morgan fingerprint density at radius 3 is 2.76 bits per heavy atom.